The summed E-state index contributed by atoms with van der Waals surface area (Å²) in [6.45, 7) is 7.19. The molecular formula is C18H19ClN2O3S. The van der Waals surface area contributed by atoms with Crippen molar-refractivity contribution in [1.82, 2.24) is 4.90 Å². The van der Waals surface area contributed by atoms with Crippen molar-refractivity contribution in [3.05, 3.63) is 46.1 Å². The molecule has 0 aromatic heterocycles. The van der Waals surface area contributed by atoms with Crippen LogP contribution in [0.1, 0.15) is 39.3 Å². The first-order chi connectivity index (χ1) is 11.8. The highest BCUT2D eigenvalue weighted by atomic mass is 35.5. The summed E-state index contributed by atoms with van der Waals surface area (Å²) in [7, 11) is 0. The Bertz CT molecular complexity index is 803. The largest absolute Gasteiger partial charge is 0.459 e. The van der Waals surface area contributed by atoms with E-state index in [2.05, 4.69) is 4.99 Å². The van der Waals surface area contributed by atoms with Gasteiger partial charge in [0.25, 0.3) is 0 Å². The molecule has 0 bridgehead atoms. The Labute approximate surface area is 156 Å². The average molecular weight is 379 g/mol. The Morgan fingerprint density at radius 2 is 2.12 bits per heavy atom. The Hall–Kier alpha value is -1.79. The normalized spacial score (nSPS) is 23.0. The van der Waals surface area contributed by atoms with Gasteiger partial charge in [0.1, 0.15) is 0 Å². The van der Waals surface area contributed by atoms with Gasteiger partial charge in [-0.25, -0.2) is 9.79 Å². The van der Waals surface area contributed by atoms with E-state index < -0.39 is 12.0 Å². The topological polar surface area (TPSA) is 59.0 Å². The number of hydrogen-bond donors (Lipinski definition) is 0. The third kappa shape index (κ3) is 3.33. The number of hydrogen-bond acceptors (Lipinski definition) is 5. The molecule has 1 amide bonds. The molecule has 1 aromatic carbocycles. The van der Waals surface area contributed by atoms with E-state index in [0.717, 1.165) is 5.56 Å². The van der Waals surface area contributed by atoms with E-state index in [1.807, 2.05) is 13.0 Å². The fourth-order valence-electron chi connectivity index (χ4n) is 2.93. The molecule has 132 valence electrons. The number of amidine groups is 1. The molecule has 2 aliphatic heterocycles. The minimum absolute atomic E-state index is 0.0731. The van der Waals surface area contributed by atoms with Gasteiger partial charge >= 0.3 is 5.97 Å². The number of allylic oxidation sites excluding steroid dienone is 1. The van der Waals surface area contributed by atoms with Gasteiger partial charge in [0, 0.05) is 5.02 Å². The van der Waals surface area contributed by atoms with Gasteiger partial charge in [-0.05, 0) is 45.4 Å². The van der Waals surface area contributed by atoms with Crippen molar-refractivity contribution in [1.29, 1.82) is 0 Å². The predicted molar refractivity (Wildman–Crippen MR) is 99.5 cm³/mol. The van der Waals surface area contributed by atoms with Gasteiger partial charge in [0.2, 0.25) is 5.91 Å². The summed E-state index contributed by atoms with van der Waals surface area (Å²) in [6.07, 6.45) is -0.263. The lowest BCUT2D eigenvalue weighted by Gasteiger charge is -2.33. The number of fused-ring (bicyclic) bond motifs is 1. The van der Waals surface area contributed by atoms with Crippen molar-refractivity contribution >= 4 is 40.4 Å². The van der Waals surface area contributed by atoms with Crippen molar-refractivity contribution in [2.45, 2.75) is 45.1 Å². The van der Waals surface area contributed by atoms with Crippen LogP contribution >= 0.6 is 23.4 Å². The maximum absolute atomic E-state index is 12.7. The maximum atomic E-state index is 12.7. The van der Waals surface area contributed by atoms with Crippen molar-refractivity contribution < 1.29 is 14.3 Å². The van der Waals surface area contributed by atoms with Crippen LogP contribution in [-0.4, -0.2) is 33.3 Å². The molecule has 25 heavy (non-hydrogen) atoms. The van der Waals surface area contributed by atoms with Crippen LogP contribution < -0.4 is 0 Å². The smallest absolute Gasteiger partial charge is 0.338 e. The summed E-state index contributed by atoms with van der Waals surface area (Å²) in [5, 5.41) is 0.915. The van der Waals surface area contributed by atoms with E-state index in [9.17, 15) is 9.59 Å². The van der Waals surface area contributed by atoms with Gasteiger partial charge in [-0.1, -0.05) is 35.5 Å². The van der Waals surface area contributed by atoms with Crippen molar-refractivity contribution in [2.24, 2.45) is 4.99 Å². The van der Waals surface area contributed by atoms with Gasteiger partial charge < -0.3 is 4.74 Å². The van der Waals surface area contributed by atoms with E-state index in [1.165, 1.54) is 11.8 Å². The van der Waals surface area contributed by atoms with Crippen molar-refractivity contribution in [3.8, 4) is 0 Å². The SMILES string of the molecule is CC1=C(C(=O)OC(C)C)[C@@H](c2cccc(Cl)c2)N2C(=O)[C@H](C)SC2=N1. The molecule has 0 saturated carbocycles. The zero-order valence-corrected chi connectivity index (χ0v) is 16.0. The van der Waals surface area contributed by atoms with Crippen LogP contribution in [0.4, 0.5) is 0 Å². The summed E-state index contributed by atoms with van der Waals surface area (Å²) < 4.78 is 5.41. The molecule has 1 aromatic rings. The number of rotatable bonds is 3. The van der Waals surface area contributed by atoms with Gasteiger partial charge in [-0.3, -0.25) is 9.69 Å². The first-order valence-corrected chi connectivity index (χ1v) is 9.31. The molecule has 0 spiro atoms. The lowest BCUT2D eigenvalue weighted by atomic mass is 9.94. The van der Waals surface area contributed by atoms with E-state index in [1.54, 1.807) is 43.9 Å². The van der Waals surface area contributed by atoms with Gasteiger partial charge in [-0.15, -0.1) is 0 Å². The molecule has 0 unspecified atom stereocenters. The summed E-state index contributed by atoms with van der Waals surface area (Å²) in [5.41, 5.74) is 1.71. The summed E-state index contributed by atoms with van der Waals surface area (Å²) in [4.78, 5) is 31.5. The number of carbonyl (C=O) groups excluding carboxylic acids is 2. The van der Waals surface area contributed by atoms with Crippen LogP contribution in [0.2, 0.25) is 5.02 Å². The number of amides is 1. The number of benzene rings is 1. The van der Waals surface area contributed by atoms with Crippen LogP contribution in [-0.2, 0) is 14.3 Å². The zero-order chi connectivity index (χ0) is 18.3. The Morgan fingerprint density at radius 3 is 2.76 bits per heavy atom. The third-order valence-electron chi connectivity index (χ3n) is 3.99. The highest BCUT2D eigenvalue weighted by molar-refractivity contribution is 8.15. The lowest BCUT2D eigenvalue weighted by Crippen LogP contribution is -2.40. The minimum Gasteiger partial charge on any atom is -0.459 e. The molecular weight excluding hydrogens is 360 g/mol. The Morgan fingerprint density at radius 1 is 1.40 bits per heavy atom. The summed E-state index contributed by atoms with van der Waals surface area (Å²) in [5.74, 6) is -0.534. The molecule has 2 aliphatic rings. The van der Waals surface area contributed by atoms with Crippen LogP contribution in [0.25, 0.3) is 0 Å². The van der Waals surface area contributed by atoms with Crippen molar-refractivity contribution in [2.75, 3.05) is 0 Å². The Balaban J connectivity index is 2.14. The average Bonchev–Trinajstić information content (AvgIpc) is 2.79. The number of aliphatic imine (C=N–C) groups is 1. The zero-order valence-electron chi connectivity index (χ0n) is 14.4. The number of ether oxygens (including phenoxy) is 1. The molecule has 3 rings (SSSR count). The molecule has 0 radical (unpaired) electrons. The van der Waals surface area contributed by atoms with Crippen molar-refractivity contribution in [3.63, 3.8) is 0 Å². The minimum atomic E-state index is -0.581. The second-order valence-corrected chi connectivity index (χ2v) is 8.02. The van der Waals surface area contributed by atoms with E-state index in [-0.39, 0.29) is 17.3 Å². The van der Waals surface area contributed by atoms with Crippen LogP contribution in [0.3, 0.4) is 0 Å². The van der Waals surface area contributed by atoms with E-state index >= 15 is 0 Å². The molecule has 1 fully saturated rings. The summed E-state index contributed by atoms with van der Waals surface area (Å²) in [6, 6.07) is 6.61. The maximum Gasteiger partial charge on any atom is 0.338 e. The molecule has 5 nitrogen and oxygen atoms in total. The number of esters is 1. The van der Waals surface area contributed by atoms with Crippen LogP contribution in [0.5, 0.6) is 0 Å². The molecule has 7 heteroatoms. The molecule has 0 N–H and O–H groups in total. The highest BCUT2D eigenvalue weighted by Crippen LogP contribution is 2.43. The Kier molecular flexibility index (Phi) is 4.93. The summed E-state index contributed by atoms with van der Waals surface area (Å²) >= 11 is 7.55. The fraction of sp³-hybridized carbons (Fsp3) is 0.389. The molecule has 2 heterocycles. The highest BCUT2D eigenvalue weighted by Gasteiger charge is 2.46. The number of carbonyl (C=O) groups is 2. The fourth-order valence-corrected chi connectivity index (χ4v) is 4.16. The second kappa shape index (κ2) is 6.84. The molecule has 0 aliphatic carbocycles. The standard InChI is InChI=1S/C18H19ClN2O3S/c1-9(2)24-17(23)14-10(3)20-18-21(16(22)11(4)25-18)15(14)12-6-5-7-13(19)8-12/h5-9,11,15H,1-4H3/t11-,15+/m0/s1. The molecule has 2 atom stereocenters. The first-order valence-electron chi connectivity index (χ1n) is 8.05. The molecule has 1 saturated heterocycles. The monoisotopic (exact) mass is 378 g/mol. The van der Waals surface area contributed by atoms with Crippen LogP contribution in [0, 0.1) is 0 Å². The van der Waals surface area contributed by atoms with Crippen LogP contribution in [0.15, 0.2) is 40.5 Å². The lowest BCUT2D eigenvalue weighted by molar-refractivity contribution is -0.143. The number of thioether (sulfide) groups is 1. The number of halogens is 1. The van der Waals surface area contributed by atoms with Gasteiger partial charge in [0.05, 0.1) is 28.7 Å². The second-order valence-electron chi connectivity index (χ2n) is 6.27. The van der Waals surface area contributed by atoms with E-state index in [0.29, 0.717) is 21.5 Å². The third-order valence-corrected chi connectivity index (χ3v) is 5.27. The van der Waals surface area contributed by atoms with E-state index in [4.69, 9.17) is 16.3 Å². The first kappa shape index (κ1) is 18.0. The predicted octanol–water partition coefficient (Wildman–Crippen LogP) is 3.94. The van der Waals surface area contributed by atoms with Gasteiger partial charge in [-0.2, -0.15) is 0 Å². The number of nitrogens with zero attached hydrogens (tertiary/aromatic N) is 2. The van der Waals surface area contributed by atoms with Gasteiger partial charge in [0.15, 0.2) is 5.17 Å². The quantitative estimate of drug-likeness (QED) is 0.747.